The minimum Gasteiger partial charge on any atom is -0.320 e. The van der Waals surface area contributed by atoms with Gasteiger partial charge in [-0.1, -0.05) is 12.1 Å². The van der Waals surface area contributed by atoms with Crippen LogP contribution in [0.3, 0.4) is 0 Å². The number of nitrogens with one attached hydrogen (secondary N) is 1. The SMILES string of the molecule is O=C(/C=C/c1ccc(F)cc1)Nc1cc(F)c(F)cc1F. The molecular weight excluding hydrogens is 286 g/mol. The van der Waals surface area contributed by atoms with Gasteiger partial charge in [0.25, 0.3) is 0 Å². The molecule has 1 N–H and O–H groups in total. The Morgan fingerprint density at radius 3 is 2.19 bits per heavy atom. The summed E-state index contributed by atoms with van der Waals surface area (Å²) in [6.07, 6.45) is 2.43. The van der Waals surface area contributed by atoms with Crippen molar-refractivity contribution in [1.29, 1.82) is 0 Å². The predicted molar refractivity (Wildman–Crippen MR) is 70.4 cm³/mol. The lowest BCUT2D eigenvalue weighted by atomic mass is 10.2. The van der Waals surface area contributed by atoms with Crippen LogP contribution in [0.4, 0.5) is 23.2 Å². The van der Waals surface area contributed by atoms with E-state index in [1.807, 2.05) is 0 Å². The van der Waals surface area contributed by atoms with Crippen molar-refractivity contribution in [2.24, 2.45) is 0 Å². The van der Waals surface area contributed by atoms with Crippen LogP contribution in [0.25, 0.3) is 6.08 Å². The van der Waals surface area contributed by atoms with E-state index < -0.39 is 34.9 Å². The minimum absolute atomic E-state index is 0.342. The van der Waals surface area contributed by atoms with Crippen molar-refractivity contribution in [3.05, 3.63) is 71.3 Å². The van der Waals surface area contributed by atoms with Crippen molar-refractivity contribution >= 4 is 17.7 Å². The molecule has 0 aliphatic rings. The first-order chi connectivity index (χ1) is 9.95. The highest BCUT2D eigenvalue weighted by atomic mass is 19.2. The Labute approximate surface area is 117 Å². The Morgan fingerprint density at radius 1 is 0.905 bits per heavy atom. The Bertz CT molecular complexity index is 696. The van der Waals surface area contributed by atoms with Crippen molar-refractivity contribution in [1.82, 2.24) is 0 Å². The molecular formula is C15H9F4NO. The largest absolute Gasteiger partial charge is 0.320 e. The second kappa shape index (κ2) is 6.21. The topological polar surface area (TPSA) is 29.1 Å². The summed E-state index contributed by atoms with van der Waals surface area (Å²) < 4.78 is 51.7. The van der Waals surface area contributed by atoms with E-state index >= 15 is 0 Å². The standard InChI is InChI=1S/C15H9F4NO/c16-10-4-1-9(2-5-10)3-6-15(21)20-14-8-12(18)11(17)7-13(14)19/h1-8H,(H,20,21)/b6-3+. The van der Waals surface area contributed by atoms with E-state index in [9.17, 15) is 22.4 Å². The van der Waals surface area contributed by atoms with Gasteiger partial charge >= 0.3 is 0 Å². The highest BCUT2D eigenvalue weighted by molar-refractivity contribution is 6.01. The van der Waals surface area contributed by atoms with Gasteiger partial charge in [0, 0.05) is 18.2 Å². The van der Waals surface area contributed by atoms with Gasteiger partial charge in [0.1, 0.15) is 11.6 Å². The Hall–Kier alpha value is -2.63. The smallest absolute Gasteiger partial charge is 0.248 e. The minimum atomic E-state index is -1.34. The van der Waals surface area contributed by atoms with Gasteiger partial charge < -0.3 is 5.32 Å². The molecule has 2 nitrogen and oxygen atoms in total. The Balaban J connectivity index is 2.08. The van der Waals surface area contributed by atoms with Crippen LogP contribution in [0.5, 0.6) is 0 Å². The highest BCUT2D eigenvalue weighted by Gasteiger charge is 2.10. The second-order valence-corrected chi connectivity index (χ2v) is 4.12. The molecule has 0 atom stereocenters. The van der Waals surface area contributed by atoms with Gasteiger partial charge in [-0.2, -0.15) is 0 Å². The highest BCUT2D eigenvalue weighted by Crippen LogP contribution is 2.18. The summed E-state index contributed by atoms with van der Waals surface area (Å²) in [6, 6.07) is 6.21. The molecule has 21 heavy (non-hydrogen) atoms. The van der Waals surface area contributed by atoms with E-state index in [0.717, 1.165) is 6.08 Å². The number of rotatable bonds is 3. The summed E-state index contributed by atoms with van der Waals surface area (Å²) >= 11 is 0. The van der Waals surface area contributed by atoms with Crippen LogP contribution < -0.4 is 5.32 Å². The van der Waals surface area contributed by atoms with Crippen molar-refractivity contribution in [3.8, 4) is 0 Å². The summed E-state index contributed by atoms with van der Waals surface area (Å²) in [5.74, 6) is -4.84. The molecule has 1 amide bonds. The van der Waals surface area contributed by atoms with E-state index in [-0.39, 0.29) is 0 Å². The number of halogens is 4. The molecule has 0 radical (unpaired) electrons. The zero-order valence-electron chi connectivity index (χ0n) is 10.5. The summed E-state index contributed by atoms with van der Waals surface area (Å²) in [6.45, 7) is 0. The molecule has 2 aromatic carbocycles. The number of anilines is 1. The molecule has 2 rings (SSSR count). The molecule has 0 heterocycles. The van der Waals surface area contributed by atoms with Crippen LogP contribution in [0.2, 0.25) is 0 Å². The van der Waals surface area contributed by atoms with Crippen molar-refractivity contribution in [2.75, 3.05) is 5.32 Å². The normalized spacial score (nSPS) is 10.9. The zero-order chi connectivity index (χ0) is 15.4. The molecule has 0 bridgehead atoms. The van der Waals surface area contributed by atoms with Crippen LogP contribution in [0.15, 0.2) is 42.5 Å². The Morgan fingerprint density at radius 2 is 1.52 bits per heavy atom. The first kappa shape index (κ1) is 14.8. The van der Waals surface area contributed by atoms with E-state index in [1.54, 1.807) is 0 Å². The molecule has 0 spiro atoms. The lowest BCUT2D eigenvalue weighted by Gasteiger charge is -2.04. The summed E-state index contributed by atoms with van der Waals surface area (Å²) in [5, 5.41) is 2.08. The maximum absolute atomic E-state index is 13.3. The van der Waals surface area contributed by atoms with Crippen molar-refractivity contribution < 1.29 is 22.4 Å². The molecule has 0 saturated heterocycles. The first-order valence-corrected chi connectivity index (χ1v) is 5.85. The van der Waals surface area contributed by atoms with Gasteiger partial charge in [-0.25, -0.2) is 17.6 Å². The molecule has 0 saturated carbocycles. The molecule has 108 valence electrons. The fourth-order valence-electron chi connectivity index (χ4n) is 1.54. The first-order valence-electron chi connectivity index (χ1n) is 5.85. The Kier molecular flexibility index (Phi) is 4.37. The molecule has 0 aromatic heterocycles. The van der Waals surface area contributed by atoms with Crippen molar-refractivity contribution in [3.63, 3.8) is 0 Å². The van der Waals surface area contributed by atoms with Crippen LogP contribution in [0.1, 0.15) is 5.56 Å². The maximum atomic E-state index is 13.3. The molecule has 0 fully saturated rings. The number of hydrogen-bond acceptors (Lipinski definition) is 1. The van der Waals surface area contributed by atoms with Crippen LogP contribution in [0, 0.1) is 23.3 Å². The number of amides is 1. The average Bonchev–Trinajstić information content (AvgIpc) is 2.44. The monoisotopic (exact) mass is 295 g/mol. The summed E-state index contributed by atoms with van der Waals surface area (Å²) in [7, 11) is 0. The summed E-state index contributed by atoms with van der Waals surface area (Å²) in [4.78, 5) is 11.5. The number of carbonyl (C=O) groups excluding carboxylic acids is 1. The molecule has 0 aliphatic heterocycles. The van der Waals surface area contributed by atoms with E-state index in [0.29, 0.717) is 17.7 Å². The summed E-state index contributed by atoms with van der Waals surface area (Å²) in [5.41, 5.74) is 0.0833. The third-order valence-electron chi connectivity index (χ3n) is 2.56. The molecule has 0 aliphatic carbocycles. The van der Waals surface area contributed by atoms with Crippen LogP contribution in [-0.2, 0) is 4.79 Å². The number of carbonyl (C=O) groups is 1. The van der Waals surface area contributed by atoms with E-state index in [2.05, 4.69) is 5.32 Å². The van der Waals surface area contributed by atoms with Crippen LogP contribution in [-0.4, -0.2) is 5.91 Å². The van der Waals surface area contributed by atoms with Gasteiger partial charge in [-0.3, -0.25) is 4.79 Å². The lowest BCUT2D eigenvalue weighted by Crippen LogP contribution is -2.10. The fraction of sp³-hybridized carbons (Fsp3) is 0. The maximum Gasteiger partial charge on any atom is 0.248 e. The zero-order valence-corrected chi connectivity index (χ0v) is 10.5. The van der Waals surface area contributed by atoms with E-state index in [1.165, 1.54) is 30.3 Å². The van der Waals surface area contributed by atoms with Gasteiger partial charge in [-0.15, -0.1) is 0 Å². The lowest BCUT2D eigenvalue weighted by molar-refractivity contribution is -0.111. The van der Waals surface area contributed by atoms with E-state index in [4.69, 9.17) is 0 Å². The van der Waals surface area contributed by atoms with Crippen molar-refractivity contribution in [2.45, 2.75) is 0 Å². The number of benzene rings is 2. The molecule has 2 aromatic rings. The fourth-order valence-corrected chi connectivity index (χ4v) is 1.54. The second-order valence-electron chi connectivity index (χ2n) is 4.12. The van der Waals surface area contributed by atoms with Gasteiger partial charge in [0.05, 0.1) is 5.69 Å². The molecule has 0 unspecified atom stereocenters. The third-order valence-corrected chi connectivity index (χ3v) is 2.56. The molecule has 6 heteroatoms. The van der Waals surface area contributed by atoms with Gasteiger partial charge in [0.2, 0.25) is 5.91 Å². The number of hydrogen-bond donors (Lipinski definition) is 1. The van der Waals surface area contributed by atoms with Crippen LogP contribution >= 0.6 is 0 Å². The predicted octanol–water partition coefficient (Wildman–Crippen LogP) is 3.89. The third kappa shape index (κ3) is 3.92. The average molecular weight is 295 g/mol. The van der Waals surface area contributed by atoms with Gasteiger partial charge in [0.15, 0.2) is 11.6 Å². The van der Waals surface area contributed by atoms with Gasteiger partial charge in [-0.05, 0) is 23.8 Å². The quantitative estimate of drug-likeness (QED) is 0.519.